The van der Waals surface area contributed by atoms with Crippen molar-refractivity contribution < 1.29 is 9.53 Å². The maximum Gasteiger partial charge on any atom is 0.256 e. The molecule has 3 aromatic rings. The Morgan fingerprint density at radius 3 is 2.73 bits per heavy atom. The zero-order valence-corrected chi connectivity index (χ0v) is 19.2. The van der Waals surface area contributed by atoms with Crippen LogP contribution in [0.3, 0.4) is 0 Å². The van der Waals surface area contributed by atoms with Gasteiger partial charge in [-0.2, -0.15) is 10.2 Å². The van der Waals surface area contributed by atoms with E-state index in [2.05, 4.69) is 45.6 Å². The van der Waals surface area contributed by atoms with Gasteiger partial charge < -0.3 is 10.1 Å². The van der Waals surface area contributed by atoms with Crippen molar-refractivity contribution in [1.29, 1.82) is 0 Å². The molecule has 1 aromatic carbocycles. The summed E-state index contributed by atoms with van der Waals surface area (Å²) >= 11 is 0. The molecule has 0 saturated heterocycles. The summed E-state index contributed by atoms with van der Waals surface area (Å²) in [6.45, 7) is 4.92. The number of ether oxygens (including phenoxy) is 1. The Hall–Kier alpha value is -3.42. The van der Waals surface area contributed by atoms with Gasteiger partial charge in [0.05, 0.1) is 30.0 Å². The highest BCUT2D eigenvalue weighted by Gasteiger charge is 2.39. The molecule has 172 valence electrons. The lowest BCUT2D eigenvalue weighted by Crippen LogP contribution is -2.47. The molecule has 0 unspecified atom stereocenters. The van der Waals surface area contributed by atoms with Crippen LogP contribution >= 0.6 is 0 Å². The molecular formula is C25H30N6O2. The Morgan fingerprint density at radius 2 is 2.06 bits per heavy atom. The summed E-state index contributed by atoms with van der Waals surface area (Å²) in [5.41, 5.74) is 2.86. The molecule has 1 saturated carbocycles. The molecule has 1 aliphatic heterocycles. The predicted molar refractivity (Wildman–Crippen MR) is 125 cm³/mol. The average Bonchev–Trinajstić information content (AvgIpc) is 3.45. The molecule has 2 aromatic heterocycles. The van der Waals surface area contributed by atoms with Crippen LogP contribution in [0, 0.1) is 0 Å². The number of hydrogen-bond donors (Lipinski definition) is 2. The normalized spacial score (nSPS) is 21.1. The van der Waals surface area contributed by atoms with E-state index in [1.807, 2.05) is 35.1 Å². The van der Waals surface area contributed by atoms with Crippen LogP contribution in [-0.2, 0) is 10.3 Å². The molecule has 2 aliphatic rings. The van der Waals surface area contributed by atoms with Crippen molar-refractivity contribution in [2.75, 3.05) is 6.61 Å². The van der Waals surface area contributed by atoms with Gasteiger partial charge in [-0.3, -0.25) is 14.6 Å². The summed E-state index contributed by atoms with van der Waals surface area (Å²) in [5.74, 6) is 1.15. The summed E-state index contributed by atoms with van der Waals surface area (Å²) < 4.78 is 7.85. The average molecular weight is 447 g/mol. The smallest absolute Gasteiger partial charge is 0.256 e. The minimum absolute atomic E-state index is 0.171. The number of aromatic nitrogens is 5. The molecule has 33 heavy (non-hydrogen) atoms. The Morgan fingerprint density at radius 1 is 1.24 bits per heavy atom. The molecule has 8 nitrogen and oxygen atoms in total. The fourth-order valence-corrected chi connectivity index (χ4v) is 4.53. The third kappa shape index (κ3) is 4.17. The summed E-state index contributed by atoms with van der Waals surface area (Å²) in [6.07, 6.45) is 11.7. The molecule has 2 N–H and O–H groups in total. The second kappa shape index (κ2) is 8.84. The molecule has 1 amide bonds. The third-order valence-electron chi connectivity index (χ3n) is 6.76. The number of hydrogen-bond acceptors (Lipinski definition) is 5. The van der Waals surface area contributed by atoms with Gasteiger partial charge in [0.1, 0.15) is 12.1 Å². The second-order valence-electron chi connectivity index (χ2n) is 9.17. The quantitative estimate of drug-likeness (QED) is 0.504. The monoisotopic (exact) mass is 446 g/mol. The highest BCUT2D eigenvalue weighted by atomic mass is 16.5. The van der Waals surface area contributed by atoms with Gasteiger partial charge in [0.15, 0.2) is 5.82 Å². The van der Waals surface area contributed by atoms with E-state index in [1.165, 1.54) is 12.7 Å². The highest BCUT2D eigenvalue weighted by Crippen LogP contribution is 2.41. The Bertz CT molecular complexity index is 1140. The number of amides is 1. The van der Waals surface area contributed by atoms with Crippen LogP contribution in [0.1, 0.15) is 75.4 Å². The van der Waals surface area contributed by atoms with E-state index >= 15 is 0 Å². The first-order chi connectivity index (χ1) is 16.1. The topological polar surface area (TPSA) is 97.7 Å². The molecule has 8 heteroatoms. The minimum atomic E-state index is -0.573. The zero-order chi connectivity index (χ0) is 22.8. The lowest BCUT2D eigenvalue weighted by atomic mass is 9.78. The van der Waals surface area contributed by atoms with Crippen molar-refractivity contribution >= 4 is 17.1 Å². The number of unbranched alkanes of at least 4 members (excludes halogenated alkanes) is 1. The van der Waals surface area contributed by atoms with Crippen molar-refractivity contribution in [3.05, 3.63) is 59.9 Å². The number of carbonyl (C=O) groups is 1. The van der Waals surface area contributed by atoms with E-state index in [4.69, 9.17) is 4.74 Å². The van der Waals surface area contributed by atoms with Crippen LogP contribution < -0.4 is 10.1 Å². The predicted octanol–water partition coefficient (Wildman–Crippen LogP) is 4.25. The van der Waals surface area contributed by atoms with E-state index in [0.29, 0.717) is 30.5 Å². The Kier molecular flexibility index (Phi) is 5.74. The molecule has 0 spiro atoms. The van der Waals surface area contributed by atoms with Crippen molar-refractivity contribution in [2.45, 2.75) is 64.0 Å². The fourth-order valence-electron chi connectivity index (χ4n) is 4.53. The molecule has 3 heterocycles. The van der Waals surface area contributed by atoms with E-state index in [0.717, 1.165) is 48.1 Å². The maximum atomic E-state index is 13.4. The van der Waals surface area contributed by atoms with Crippen LogP contribution in [0.2, 0.25) is 0 Å². The van der Waals surface area contributed by atoms with Crippen molar-refractivity contribution in [2.24, 2.45) is 0 Å². The van der Waals surface area contributed by atoms with Crippen molar-refractivity contribution in [3.8, 4) is 5.75 Å². The fraction of sp³-hybridized carbons (Fsp3) is 0.440. The Labute approximate surface area is 193 Å². The van der Waals surface area contributed by atoms with Gasteiger partial charge in [0.25, 0.3) is 5.91 Å². The van der Waals surface area contributed by atoms with Crippen LogP contribution in [0.15, 0.2) is 43.0 Å². The Balaban J connectivity index is 1.48. The molecule has 0 radical (unpaired) electrons. The van der Waals surface area contributed by atoms with E-state index in [-0.39, 0.29) is 5.91 Å². The first kappa shape index (κ1) is 21.4. The van der Waals surface area contributed by atoms with Crippen LogP contribution in [0.4, 0.5) is 0 Å². The van der Waals surface area contributed by atoms with E-state index in [9.17, 15) is 4.79 Å². The molecule has 1 atom stereocenters. The summed E-state index contributed by atoms with van der Waals surface area (Å²) in [7, 11) is 0. The van der Waals surface area contributed by atoms with Gasteiger partial charge in [-0.1, -0.05) is 25.5 Å². The van der Waals surface area contributed by atoms with Gasteiger partial charge in [0.2, 0.25) is 0 Å². The number of rotatable bonds is 8. The number of benzene rings is 1. The zero-order valence-electron chi connectivity index (χ0n) is 19.2. The molecule has 1 aliphatic carbocycles. The van der Waals surface area contributed by atoms with Crippen LogP contribution in [0.5, 0.6) is 5.75 Å². The number of H-pyrrole nitrogens is 1. The molecule has 0 bridgehead atoms. The minimum Gasteiger partial charge on any atom is -0.494 e. The molecule has 5 rings (SSSR count). The van der Waals surface area contributed by atoms with Crippen molar-refractivity contribution in [1.82, 2.24) is 30.3 Å². The number of aromatic amines is 1. The lowest BCUT2D eigenvalue weighted by Gasteiger charge is -2.37. The molecule has 1 fully saturated rings. The van der Waals surface area contributed by atoms with Gasteiger partial charge in [-0.15, -0.1) is 0 Å². The van der Waals surface area contributed by atoms with Gasteiger partial charge in [0, 0.05) is 18.2 Å². The third-order valence-corrected chi connectivity index (χ3v) is 6.76. The highest BCUT2D eigenvalue weighted by molar-refractivity contribution is 6.27. The van der Waals surface area contributed by atoms with E-state index in [1.54, 1.807) is 0 Å². The van der Waals surface area contributed by atoms with Crippen LogP contribution in [0.25, 0.3) is 11.1 Å². The molecular weight excluding hydrogens is 416 g/mol. The van der Waals surface area contributed by atoms with Crippen molar-refractivity contribution in [3.63, 3.8) is 0 Å². The largest absolute Gasteiger partial charge is 0.494 e. The van der Waals surface area contributed by atoms with Gasteiger partial charge >= 0.3 is 0 Å². The van der Waals surface area contributed by atoms with Gasteiger partial charge in [-0.05, 0) is 55.9 Å². The second-order valence-corrected chi connectivity index (χ2v) is 9.17. The standard InChI is InChI=1S/C25H30N6O2/c1-3-4-12-33-20-10-8-18(9-11-20)25(2)13-21(17-14-28-31(15-17)19-6-5-7-19)22(24(32)29-25)23-26-16-27-30-23/h8-11,14-16,19H,3-7,12-13H2,1-2H3,(H,29,32)(H,26,27,30)/t25-/m0/s1. The first-order valence-corrected chi connectivity index (χ1v) is 11.8. The SMILES string of the molecule is CCCCOc1ccc([C@]2(C)CC(c3cnn(C4CCC4)c3)=C(c3ncn[nH]3)C(=O)N2)cc1. The van der Waals surface area contributed by atoms with Crippen LogP contribution in [-0.4, -0.2) is 37.5 Å². The number of nitrogens with zero attached hydrogens (tertiary/aromatic N) is 4. The van der Waals surface area contributed by atoms with E-state index < -0.39 is 5.54 Å². The summed E-state index contributed by atoms with van der Waals surface area (Å²) in [6, 6.07) is 8.49. The van der Waals surface area contributed by atoms with Gasteiger partial charge in [-0.25, -0.2) is 4.98 Å². The maximum absolute atomic E-state index is 13.4. The number of nitrogens with one attached hydrogen (secondary N) is 2. The summed E-state index contributed by atoms with van der Waals surface area (Å²) in [5, 5.41) is 14.7. The number of carbonyl (C=O) groups excluding carboxylic acids is 1. The summed E-state index contributed by atoms with van der Waals surface area (Å²) in [4.78, 5) is 17.7. The first-order valence-electron chi connectivity index (χ1n) is 11.8. The lowest BCUT2D eigenvalue weighted by molar-refractivity contribution is -0.117.